The molecule has 2 heterocycles. The van der Waals surface area contributed by atoms with E-state index in [2.05, 4.69) is 10.6 Å². The van der Waals surface area contributed by atoms with Crippen LogP contribution in [0.5, 0.6) is 5.75 Å². The van der Waals surface area contributed by atoms with Crippen molar-refractivity contribution in [3.05, 3.63) is 58.9 Å². The number of fused-ring (bicyclic) bond motifs is 1. The molecule has 1 saturated heterocycles. The van der Waals surface area contributed by atoms with Gasteiger partial charge in [0.2, 0.25) is 5.91 Å². The van der Waals surface area contributed by atoms with Gasteiger partial charge >= 0.3 is 0 Å². The molecule has 4 rings (SSSR count). The molecule has 2 N–H and O–H groups in total. The van der Waals surface area contributed by atoms with Crippen LogP contribution in [-0.2, 0) is 21.4 Å². The highest BCUT2D eigenvalue weighted by atomic mass is 19.1. The largest absolute Gasteiger partial charge is 0.497 e. The van der Waals surface area contributed by atoms with E-state index in [9.17, 15) is 14.0 Å². The maximum atomic E-state index is 14.6. The fourth-order valence-corrected chi connectivity index (χ4v) is 4.20. The summed E-state index contributed by atoms with van der Waals surface area (Å²) >= 11 is 0. The van der Waals surface area contributed by atoms with Gasteiger partial charge in [0.25, 0.3) is 5.91 Å². The van der Waals surface area contributed by atoms with Crippen LogP contribution in [0.1, 0.15) is 40.7 Å². The van der Waals surface area contributed by atoms with Gasteiger partial charge in [0.05, 0.1) is 12.7 Å². The lowest BCUT2D eigenvalue weighted by Gasteiger charge is -2.38. The normalized spacial score (nSPS) is 17.6. The number of ether oxygens (including phenoxy) is 2. The Morgan fingerprint density at radius 1 is 1.20 bits per heavy atom. The summed E-state index contributed by atoms with van der Waals surface area (Å²) in [7, 11) is 1.62. The van der Waals surface area contributed by atoms with E-state index in [1.165, 1.54) is 6.07 Å². The molecule has 2 amide bonds. The molecule has 0 aliphatic carbocycles. The second kappa shape index (κ2) is 8.44. The number of anilines is 1. The van der Waals surface area contributed by atoms with E-state index in [4.69, 9.17) is 9.47 Å². The highest BCUT2D eigenvalue weighted by Crippen LogP contribution is 2.35. The highest BCUT2D eigenvalue weighted by molar-refractivity contribution is 5.98. The summed E-state index contributed by atoms with van der Waals surface area (Å²) in [6.45, 7) is 1.60. The standard InChI is InChI=1S/C23H25FN2O4/c1-29-17-5-3-16(4-6-17)23(8-10-30-11-9-23)14-25-22(28)18-12-15-2-7-21(27)26-20(15)13-19(18)24/h3-6,12-13H,2,7-11,14H2,1H3,(H,25,28)(H,26,27). The minimum atomic E-state index is -0.640. The number of methoxy groups -OCH3 is 1. The van der Waals surface area contributed by atoms with E-state index in [1.54, 1.807) is 13.2 Å². The van der Waals surface area contributed by atoms with Gasteiger partial charge in [-0.15, -0.1) is 0 Å². The third-order valence-corrected chi connectivity index (χ3v) is 6.07. The molecule has 0 aromatic heterocycles. The maximum absolute atomic E-state index is 14.6. The zero-order chi connectivity index (χ0) is 21.1. The topological polar surface area (TPSA) is 76.7 Å². The number of amides is 2. The van der Waals surface area contributed by atoms with Crippen molar-refractivity contribution in [2.75, 3.05) is 32.2 Å². The molecule has 7 heteroatoms. The molecule has 0 unspecified atom stereocenters. The predicted octanol–water partition coefficient (Wildman–Crippen LogP) is 3.20. The first-order chi connectivity index (χ1) is 14.5. The summed E-state index contributed by atoms with van der Waals surface area (Å²) in [6, 6.07) is 10.6. The van der Waals surface area contributed by atoms with Crippen molar-refractivity contribution in [3.63, 3.8) is 0 Å². The van der Waals surface area contributed by atoms with Crippen molar-refractivity contribution in [1.82, 2.24) is 5.32 Å². The Balaban J connectivity index is 1.54. The van der Waals surface area contributed by atoms with Crippen molar-refractivity contribution < 1.29 is 23.5 Å². The van der Waals surface area contributed by atoms with Gasteiger partial charge in [0.15, 0.2) is 0 Å². The first-order valence-electron chi connectivity index (χ1n) is 10.1. The number of hydrogen-bond donors (Lipinski definition) is 2. The summed E-state index contributed by atoms with van der Waals surface area (Å²) < 4.78 is 25.4. The van der Waals surface area contributed by atoms with Crippen LogP contribution in [0.15, 0.2) is 36.4 Å². The minimum Gasteiger partial charge on any atom is -0.497 e. The Morgan fingerprint density at radius 2 is 1.93 bits per heavy atom. The molecule has 6 nitrogen and oxygen atoms in total. The third kappa shape index (κ3) is 4.03. The number of rotatable bonds is 5. The number of carbonyl (C=O) groups excluding carboxylic acids is 2. The Hall–Kier alpha value is -2.93. The van der Waals surface area contributed by atoms with Crippen molar-refractivity contribution in [1.29, 1.82) is 0 Å². The van der Waals surface area contributed by atoms with Crippen LogP contribution < -0.4 is 15.4 Å². The van der Waals surface area contributed by atoms with Gasteiger partial charge in [-0.1, -0.05) is 12.1 Å². The van der Waals surface area contributed by atoms with Crippen LogP contribution in [-0.4, -0.2) is 38.7 Å². The lowest BCUT2D eigenvalue weighted by molar-refractivity contribution is -0.116. The van der Waals surface area contributed by atoms with Gasteiger partial charge in [-0.2, -0.15) is 0 Å². The molecule has 30 heavy (non-hydrogen) atoms. The fourth-order valence-electron chi connectivity index (χ4n) is 4.20. The average Bonchev–Trinajstić information content (AvgIpc) is 2.77. The fraction of sp³-hybridized carbons (Fsp3) is 0.391. The highest BCUT2D eigenvalue weighted by Gasteiger charge is 2.35. The first-order valence-corrected chi connectivity index (χ1v) is 10.1. The van der Waals surface area contributed by atoms with Gasteiger partial charge in [0.1, 0.15) is 11.6 Å². The zero-order valence-electron chi connectivity index (χ0n) is 16.9. The second-order valence-corrected chi connectivity index (χ2v) is 7.84. The maximum Gasteiger partial charge on any atom is 0.254 e. The molecular formula is C23H25FN2O4. The molecule has 2 aliphatic heterocycles. The first kappa shape index (κ1) is 20.3. The Morgan fingerprint density at radius 3 is 2.63 bits per heavy atom. The molecule has 0 saturated carbocycles. The molecule has 0 bridgehead atoms. The molecule has 0 spiro atoms. The molecule has 0 atom stereocenters. The lowest BCUT2D eigenvalue weighted by Crippen LogP contribution is -2.44. The molecule has 2 aliphatic rings. The molecule has 2 aromatic rings. The molecule has 1 fully saturated rings. The number of aryl methyl sites for hydroxylation is 1. The van der Waals surface area contributed by atoms with E-state index in [0.717, 1.165) is 29.7 Å². The van der Waals surface area contributed by atoms with Gasteiger partial charge < -0.3 is 20.1 Å². The van der Waals surface area contributed by atoms with Crippen LogP contribution in [0.2, 0.25) is 0 Å². The second-order valence-electron chi connectivity index (χ2n) is 7.84. The van der Waals surface area contributed by atoms with Crippen molar-refractivity contribution in [2.24, 2.45) is 0 Å². The number of halogens is 1. The SMILES string of the molecule is COc1ccc(C2(CNC(=O)c3cc4c(cc3F)NC(=O)CC4)CCOCC2)cc1. The summed E-state index contributed by atoms with van der Waals surface area (Å²) in [6.07, 6.45) is 2.35. The van der Waals surface area contributed by atoms with E-state index >= 15 is 0 Å². The monoisotopic (exact) mass is 412 g/mol. The lowest BCUT2D eigenvalue weighted by atomic mass is 9.74. The van der Waals surface area contributed by atoms with E-state index < -0.39 is 11.7 Å². The number of hydrogen-bond acceptors (Lipinski definition) is 4. The summed E-state index contributed by atoms with van der Waals surface area (Å²) in [5.41, 5.74) is 2.04. The van der Waals surface area contributed by atoms with Crippen molar-refractivity contribution >= 4 is 17.5 Å². The van der Waals surface area contributed by atoms with E-state index in [0.29, 0.717) is 38.3 Å². The van der Waals surface area contributed by atoms with Crippen LogP contribution >= 0.6 is 0 Å². The number of benzene rings is 2. The summed E-state index contributed by atoms with van der Waals surface area (Å²) in [5, 5.41) is 5.59. The Bertz CT molecular complexity index is 952. The van der Waals surface area contributed by atoms with Crippen LogP contribution in [0.3, 0.4) is 0 Å². The molecule has 158 valence electrons. The van der Waals surface area contributed by atoms with Gasteiger partial charge in [-0.25, -0.2) is 4.39 Å². The predicted molar refractivity (Wildman–Crippen MR) is 110 cm³/mol. The van der Waals surface area contributed by atoms with Gasteiger partial charge in [0, 0.05) is 37.3 Å². The molecule has 2 aromatic carbocycles. The van der Waals surface area contributed by atoms with Crippen molar-refractivity contribution in [3.8, 4) is 5.75 Å². The quantitative estimate of drug-likeness (QED) is 0.791. The van der Waals surface area contributed by atoms with Crippen LogP contribution in [0.25, 0.3) is 0 Å². The zero-order valence-corrected chi connectivity index (χ0v) is 16.9. The minimum absolute atomic E-state index is 0.00170. The molecule has 0 radical (unpaired) electrons. The van der Waals surface area contributed by atoms with E-state index in [1.807, 2.05) is 24.3 Å². The van der Waals surface area contributed by atoms with Crippen molar-refractivity contribution in [2.45, 2.75) is 31.1 Å². The van der Waals surface area contributed by atoms with E-state index in [-0.39, 0.29) is 16.9 Å². The molecular weight excluding hydrogens is 387 g/mol. The number of nitrogens with one attached hydrogen (secondary N) is 2. The number of carbonyl (C=O) groups is 2. The Labute approximate surface area is 174 Å². The van der Waals surface area contributed by atoms with Gasteiger partial charge in [-0.05, 0) is 54.7 Å². The average molecular weight is 412 g/mol. The van der Waals surface area contributed by atoms with Gasteiger partial charge in [-0.3, -0.25) is 9.59 Å². The summed E-state index contributed by atoms with van der Waals surface area (Å²) in [4.78, 5) is 24.4. The smallest absolute Gasteiger partial charge is 0.254 e. The summed E-state index contributed by atoms with van der Waals surface area (Å²) in [5.74, 6) is -0.459. The Kier molecular flexibility index (Phi) is 5.72. The van der Waals surface area contributed by atoms with Crippen LogP contribution in [0.4, 0.5) is 10.1 Å². The van der Waals surface area contributed by atoms with Crippen LogP contribution in [0, 0.1) is 5.82 Å². The third-order valence-electron chi connectivity index (χ3n) is 6.07.